The van der Waals surface area contributed by atoms with Crippen molar-refractivity contribution < 1.29 is 4.74 Å². The number of benzene rings is 1. The number of nitrogens with one attached hydrogen (secondary N) is 1. The van der Waals surface area contributed by atoms with Crippen molar-refractivity contribution in [1.82, 2.24) is 5.32 Å². The predicted octanol–water partition coefficient (Wildman–Crippen LogP) is 3.81. The van der Waals surface area contributed by atoms with Crippen LogP contribution in [0.5, 0.6) is 5.75 Å². The Hall–Kier alpha value is -0.670. The molecular formula is C17H27NOS. The fraction of sp³-hybridized carbons (Fsp3) is 0.647. The second-order valence-electron chi connectivity index (χ2n) is 5.89. The lowest BCUT2D eigenvalue weighted by atomic mass is 9.90. The van der Waals surface area contributed by atoms with Gasteiger partial charge in [0, 0.05) is 10.8 Å². The molecule has 1 heterocycles. The van der Waals surface area contributed by atoms with Gasteiger partial charge in [0.25, 0.3) is 0 Å². The van der Waals surface area contributed by atoms with Crippen LogP contribution >= 0.6 is 11.8 Å². The maximum absolute atomic E-state index is 5.54. The topological polar surface area (TPSA) is 21.3 Å². The molecule has 2 nitrogen and oxygen atoms in total. The van der Waals surface area contributed by atoms with Crippen molar-refractivity contribution in [1.29, 1.82) is 0 Å². The van der Waals surface area contributed by atoms with Gasteiger partial charge >= 0.3 is 0 Å². The molecule has 1 saturated heterocycles. The highest BCUT2D eigenvalue weighted by Gasteiger charge is 2.37. The smallest absolute Gasteiger partial charge is 0.122 e. The van der Waals surface area contributed by atoms with E-state index in [4.69, 9.17) is 4.74 Å². The summed E-state index contributed by atoms with van der Waals surface area (Å²) in [6, 6.07) is 7.00. The van der Waals surface area contributed by atoms with E-state index in [-0.39, 0.29) is 0 Å². The van der Waals surface area contributed by atoms with Crippen molar-refractivity contribution in [2.75, 3.05) is 19.4 Å². The zero-order chi connectivity index (χ0) is 14.6. The normalized spacial score (nSPS) is 23.8. The number of likely N-dealkylation sites (N-methyl/N-ethyl adjacent to an activating group) is 1. The van der Waals surface area contributed by atoms with Crippen LogP contribution in [0.2, 0.25) is 0 Å². The highest BCUT2D eigenvalue weighted by Crippen LogP contribution is 2.42. The van der Waals surface area contributed by atoms with E-state index < -0.39 is 0 Å². The van der Waals surface area contributed by atoms with Gasteiger partial charge < -0.3 is 10.1 Å². The van der Waals surface area contributed by atoms with Crippen LogP contribution in [-0.2, 0) is 6.42 Å². The Morgan fingerprint density at radius 2 is 2.25 bits per heavy atom. The SMILES string of the molecule is CCNC(Cc1cc(C)ccc1OC)C1(C)CCCS1. The molecule has 0 radical (unpaired) electrons. The monoisotopic (exact) mass is 293 g/mol. The van der Waals surface area contributed by atoms with Gasteiger partial charge in [-0.2, -0.15) is 11.8 Å². The van der Waals surface area contributed by atoms with Gasteiger partial charge in [-0.1, -0.05) is 24.6 Å². The number of thioether (sulfide) groups is 1. The maximum Gasteiger partial charge on any atom is 0.122 e. The lowest BCUT2D eigenvalue weighted by molar-refractivity contribution is 0.384. The minimum atomic E-state index is 0.352. The molecule has 1 aliphatic rings. The van der Waals surface area contributed by atoms with Crippen LogP contribution < -0.4 is 10.1 Å². The van der Waals surface area contributed by atoms with E-state index in [1.807, 2.05) is 0 Å². The molecule has 2 unspecified atom stereocenters. The molecule has 1 aliphatic heterocycles. The van der Waals surface area contributed by atoms with Gasteiger partial charge in [0.2, 0.25) is 0 Å². The standard InChI is InChI=1S/C17H27NOS/c1-5-18-16(17(3)9-6-10-20-17)12-14-11-13(2)7-8-15(14)19-4/h7-8,11,16,18H,5-6,9-10,12H2,1-4H3. The van der Waals surface area contributed by atoms with Crippen molar-refractivity contribution >= 4 is 11.8 Å². The van der Waals surface area contributed by atoms with Gasteiger partial charge in [0.05, 0.1) is 7.11 Å². The van der Waals surface area contributed by atoms with Crippen LogP contribution in [0, 0.1) is 6.92 Å². The van der Waals surface area contributed by atoms with Crippen LogP contribution in [-0.4, -0.2) is 30.2 Å². The zero-order valence-corrected chi connectivity index (χ0v) is 14.0. The van der Waals surface area contributed by atoms with E-state index in [1.54, 1.807) is 7.11 Å². The first-order chi connectivity index (χ1) is 9.59. The van der Waals surface area contributed by atoms with Crippen molar-refractivity contribution in [3.63, 3.8) is 0 Å². The lowest BCUT2D eigenvalue weighted by Crippen LogP contribution is -2.46. The summed E-state index contributed by atoms with van der Waals surface area (Å²) in [5, 5.41) is 3.71. The summed E-state index contributed by atoms with van der Waals surface area (Å²) < 4.78 is 5.89. The summed E-state index contributed by atoms with van der Waals surface area (Å²) in [6.07, 6.45) is 3.69. The van der Waals surface area contributed by atoms with Gasteiger partial charge in [-0.25, -0.2) is 0 Å². The Morgan fingerprint density at radius 1 is 1.45 bits per heavy atom. The number of ether oxygens (including phenoxy) is 1. The van der Waals surface area contributed by atoms with Crippen LogP contribution in [0.4, 0.5) is 0 Å². The van der Waals surface area contributed by atoms with Crippen LogP contribution in [0.25, 0.3) is 0 Å². The Morgan fingerprint density at radius 3 is 2.85 bits per heavy atom. The third-order valence-electron chi connectivity index (χ3n) is 4.30. The van der Waals surface area contributed by atoms with E-state index >= 15 is 0 Å². The van der Waals surface area contributed by atoms with Crippen LogP contribution in [0.1, 0.15) is 37.8 Å². The van der Waals surface area contributed by atoms with E-state index in [0.717, 1.165) is 18.7 Å². The molecule has 112 valence electrons. The summed E-state index contributed by atoms with van der Waals surface area (Å²) in [6.45, 7) is 7.79. The minimum absolute atomic E-state index is 0.352. The summed E-state index contributed by atoms with van der Waals surface area (Å²) >= 11 is 2.13. The Bertz CT molecular complexity index is 441. The van der Waals surface area contributed by atoms with Crippen molar-refractivity contribution in [3.8, 4) is 5.75 Å². The summed E-state index contributed by atoms with van der Waals surface area (Å²) in [5.74, 6) is 2.31. The molecule has 1 N–H and O–H groups in total. The molecule has 0 saturated carbocycles. The molecule has 0 amide bonds. The number of hydrogen-bond acceptors (Lipinski definition) is 3. The Labute approximate surface area is 127 Å². The largest absolute Gasteiger partial charge is 0.496 e. The molecular weight excluding hydrogens is 266 g/mol. The molecule has 1 fully saturated rings. The predicted molar refractivity (Wildman–Crippen MR) is 89.0 cm³/mol. The lowest BCUT2D eigenvalue weighted by Gasteiger charge is -2.34. The average molecular weight is 293 g/mol. The highest BCUT2D eigenvalue weighted by atomic mass is 32.2. The molecule has 2 rings (SSSR count). The third kappa shape index (κ3) is 3.50. The fourth-order valence-corrected chi connectivity index (χ4v) is 4.52. The molecule has 3 heteroatoms. The van der Waals surface area contributed by atoms with Crippen LogP contribution in [0.3, 0.4) is 0 Å². The summed E-state index contributed by atoms with van der Waals surface area (Å²) in [5.41, 5.74) is 2.63. The Balaban J connectivity index is 2.21. The first-order valence-electron chi connectivity index (χ1n) is 7.60. The molecule has 2 atom stereocenters. The maximum atomic E-state index is 5.54. The second-order valence-corrected chi connectivity index (χ2v) is 7.52. The summed E-state index contributed by atoms with van der Waals surface area (Å²) in [7, 11) is 1.77. The van der Waals surface area contributed by atoms with E-state index in [2.05, 4.69) is 56.0 Å². The molecule has 0 aliphatic carbocycles. The summed E-state index contributed by atoms with van der Waals surface area (Å²) in [4.78, 5) is 0. The first kappa shape index (κ1) is 15.7. The second kappa shape index (κ2) is 6.86. The van der Waals surface area contributed by atoms with E-state index in [0.29, 0.717) is 10.8 Å². The van der Waals surface area contributed by atoms with E-state index in [1.165, 1.54) is 29.7 Å². The molecule has 1 aromatic carbocycles. The highest BCUT2D eigenvalue weighted by molar-refractivity contribution is 8.00. The first-order valence-corrected chi connectivity index (χ1v) is 8.58. The number of hydrogen-bond donors (Lipinski definition) is 1. The van der Waals surface area contributed by atoms with Crippen molar-refractivity contribution in [2.45, 2.75) is 50.8 Å². The quantitative estimate of drug-likeness (QED) is 0.862. The number of aryl methyl sites for hydroxylation is 1. The molecule has 20 heavy (non-hydrogen) atoms. The van der Waals surface area contributed by atoms with Gasteiger partial charge in [-0.3, -0.25) is 0 Å². The van der Waals surface area contributed by atoms with Gasteiger partial charge in [0.1, 0.15) is 5.75 Å². The van der Waals surface area contributed by atoms with Gasteiger partial charge in [-0.05, 0) is 57.0 Å². The van der Waals surface area contributed by atoms with Crippen LogP contribution in [0.15, 0.2) is 18.2 Å². The number of methoxy groups -OCH3 is 1. The Kier molecular flexibility index (Phi) is 5.39. The van der Waals surface area contributed by atoms with Gasteiger partial charge in [0.15, 0.2) is 0 Å². The molecule has 0 spiro atoms. The molecule has 0 bridgehead atoms. The average Bonchev–Trinajstić information content (AvgIpc) is 2.87. The van der Waals surface area contributed by atoms with Gasteiger partial charge in [-0.15, -0.1) is 0 Å². The third-order valence-corrected chi connectivity index (χ3v) is 5.94. The van der Waals surface area contributed by atoms with Crippen molar-refractivity contribution in [3.05, 3.63) is 29.3 Å². The van der Waals surface area contributed by atoms with E-state index in [9.17, 15) is 0 Å². The minimum Gasteiger partial charge on any atom is -0.496 e. The fourth-order valence-electron chi connectivity index (χ4n) is 3.11. The molecule has 1 aromatic rings. The van der Waals surface area contributed by atoms with Crippen molar-refractivity contribution in [2.24, 2.45) is 0 Å². The molecule has 0 aromatic heterocycles. The zero-order valence-electron chi connectivity index (χ0n) is 13.2. The number of rotatable bonds is 6.